The maximum absolute atomic E-state index is 12.1. The zero-order valence-corrected chi connectivity index (χ0v) is 11.4. The molecule has 0 atom stereocenters. The number of anilines is 1. The fourth-order valence-electron chi connectivity index (χ4n) is 1.80. The van der Waals surface area contributed by atoms with Crippen molar-refractivity contribution in [2.75, 3.05) is 5.32 Å². The van der Waals surface area contributed by atoms with Crippen LogP contribution in [-0.4, -0.2) is 11.8 Å². The van der Waals surface area contributed by atoms with Gasteiger partial charge < -0.3 is 11.1 Å². The first-order valence-corrected chi connectivity index (χ1v) is 6.26. The van der Waals surface area contributed by atoms with Gasteiger partial charge in [-0.25, -0.2) is 0 Å². The molecule has 2 amide bonds. The lowest BCUT2D eigenvalue weighted by Gasteiger charge is -2.07. The molecule has 102 valence electrons. The molecule has 0 aliphatic rings. The van der Waals surface area contributed by atoms with Crippen LogP contribution in [0, 0.1) is 13.8 Å². The van der Waals surface area contributed by atoms with Crippen LogP contribution in [-0.2, 0) is 0 Å². The number of hydrogen-bond acceptors (Lipinski definition) is 2. The number of carbonyl (C=O) groups excluding carboxylic acids is 2. The molecule has 3 N–H and O–H groups in total. The fraction of sp³-hybridized carbons (Fsp3) is 0.125. The second kappa shape index (κ2) is 5.57. The number of amides is 2. The Hall–Kier alpha value is -2.62. The number of rotatable bonds is 3. The minimum atomic E-state index is -0.489. The maximum Gasteiger partial charge on any atom is 0.255 e. The van der Waals surface area contributed by atoms with Crippen LogP contribution >= 0.6 is 0 Å². The molecule has 2 rings (SSSR count). The maximum atomic E-state index is 12.1. The summed E-state index contributed by atoms with van der Waals surface area (Å²) in [6.45, 7) is 3.97. The van der Waals surface area contributed by atoms with Crippen LogP contribution in [0.15, 0.2) is 42.5 Å². The molecule has 0 aliphatic carbocycles. The molecule has 0 unspecified atom stereocenters. The van der Waals surface area contributed by atoms with E-state index in [0.717, 1.165) is 11.1 Å². The molecule has 0 bridgehead atoms. The van der Waals surface area contributed by atoms with Crippen molar-refractivity contribution >= 4 is 17.5 Å². The van der Waals surface area contributed by atoms with E-state index in [-0.39, 0.29) is 5.91 Å². The van der Waals surface area contributed by atoms with Gasteiger partial charge in [0, 0.05) is 16.8 Å². The molecular formula is C16H16N2O2. The molecule has 0 spiro atoms. The smallest absolute Gasteiger partial charge is 0.255 e. The van der Waals surface area contributed by atoms with Crippen molar-refractivity contribution < 1.29 is 9.59 Å². The highest BCUT2D eigenvalue weighted by atomic mass is 16.2. The van der Waals surface area contributed by atoms with Gasteiger partial charge in [0.1, 0.15) is 0 Å². The summed E-state index contributed by atoms with van der Waals surface area (Å²) in [6, 6.07) is 12.0. The standard InChI is InChI=1S/C16H16N2O2/c1-10-3-4-13(9-11(10)2)16(20)18-14-7-5-12(6-8-14)15(17)19/h3-9H,1-2H3,(H2,17,19)(H,18,20). The fourth-order valence-corrected chi connectivity index (χ4v) is 1.80. The number of carbonyl (C=O) groups is 2. The Morgan fingerprint density at radius 1 is 0.900 bits per heavy atom. The molecular weight excluding hydrogens is 252 g/mol. The van der Waals surface area contributed by atoms with Gasteiger partial charge in [0.05, 0.1) is 0 Å². The predicted octanol–water partition coefficient (Wildman–Crippen LogP) is 2.65. The lowest BCUT2D eigenvalue weighted by atomic mass is 10.1. The first kappa shape index (κ1) is 13.8. The van der Waals surface area contributed by atoms with E-state index in [1.54, 1.807) is 30.3 Å². The molecule has 0 saturated heterocycles. The van der Waals surface area contributed by atoms with E-state index in [4.69, 9.17) is 5.73 Å². The Bertz CT molecular complexity index is 661. The van der Waals surface area contributed by atoms with E-state index < -0.39 is 5.91 Å². The van der Waals surface area contributed by atoms with Crippen LogP contribution in [0.3, 0.4) is 0 Å². The van der Waals surface area contributed by atoms with Gasteiger partial charge in [0.15, 0.2) is 0 Å². The molecule has 4 heteroatoms. The van der Waals surface area contributed by atoms with Crippen molar-refractivity contribution in [3.05, 3.63) is 64.7 Å². The highest BCUT2D eigenvalue weighted by Gasteiger charge is 2.07. The van der Waals surface area contributed by atoms with Crippen LogP contribution in [0.2, 0.25) is 0 Å². The topological polar surface area (TPSA) is 72.2 Å². The summed E-state index contributed by atoms with van der Waals surface area (Å²) in [5.74, 6) is -0.669. The molecule has 0 radical (unpaired) electrons. The van der Waals surface area contributed by atoms with Gasteiger partial charge in [-0.3, -0.25) is 9.59 Å². The van der Waals surface area contributed by atoms with Crippen LogP contribution in [0.1, 0.15) is 31.8 Å². The monoisotopic (exact) mass is 268 g/mol. The van der Waals surface area contributed by atoms with Gasteiger partial charge in [0.25, 0.3) is 5.91 Å². The Kier molecular flexibility index (Phi) is 3.84. The number of nitrogens with two attached hydrogens (primary N) is 1. The second-order valence-electron chi connectivity index (χ2n) is 4.69. The van der Waals surface area contributed by atoms with Gasteiger partial charge in [-0.2, -0.15) is 0 Å². The van der Waals surface area contributed by atoms with E-state index in [1.807, 2.05) is 26.0 Å². The summed E-state index contributed by atoms with van der Waals surface area (Å²) in [5, 5.41) is 2.78. The first-order valence-electron chi connectivity index (χ1n) is 6.26. The van der Waals surface area contributed by atoms with E-state index in [2.05, 4.69) is 5.32 Å². The SMILES string of the molecule is Cc1ccc(C(=O)Nc2ccc(C(N)=O)cc2)cc1C. The second-order valence-corrected chi connectivity index (χ2v) is 4.69. The highest BCUT2D eigenvalue weighted by molar-refractivity contribution is 6.04. The number of primary amides is 1. The quantitative estimate of drug-likeness (QED) is 0.898. The summed E-state index contributed by atoms with van der Waals surface area (Å²) in [7, 11) is 0. The van der Waals surface area contributed by atoms with Crippen molar-refractivity contribution in [3.63, 3.8) is 0 Å². The Morgan fingerprint density at radius 3 is 2.05 bits per heavy atom. The summed E-state index contributed by atoms with van der Waals surface area (Å²) in [6.07, 6.45) is 0. The van der Waals surface area contributed by atoms with Gasteiger partial charge >= 0.3 is 0 Å². The summed E-state index contributed by atoms with van der Waals surface area (Å²) < 4.78 is 0. The minimum absolute atomic E-state index is 0.181. The normalized spacial score (nSPS) is 10.1. The van der Waals surface area contributed by atoms with E-state index in [9.17, 15) is 9.59 Å². The molecule has 0 heterocycles. The summed E-state index contributed by atoms with van der Waals surface area (Å²) in [5.41, 5.74) is 9.02. The Morgan fingerprint density at radius 2 is 1.50 bits per heavy atom. The van der Waals surface area contributed by atoms with Gasteiger partial charge in [-0.15, -0.1) is 0 Å². The lowest BCUT2D eigenvalue weighted by Crippen LogP contribution is -2.13. The largest absolute Gasteiger partial charge is 0.366 e. The zero-order valence-electron chi connectivity index (χ0n) is 11.4. The van der Waals surface area contributed by atoms with Crippen LogP contribution in [0.5, 0.6) is 0 Å². The first-order chi connectivity index (χ1) is 9.47. The zero-order chi connectivity index (χ0) is 14.7. The van der Waals surface area contributed by atoms with Crippen LogP contribution in [0.25, 0.3) is 0 Å². The summed E-state index contributed by atoms with van der Waals surface area (Å²) in [4.78, 5) is 23.1. The van der Waals surface area contributed by atoms with Crippen molar-refractivity contribution in [2.24, 2.45) is 5.73 Å². The molecule has 2 aromatic carbocycles. The molecule has 0 aliphatic heterocycles. The van der Waals surface area contributed by atoms with Gasteiger partial charge in [0.2, 0.25) is 5.91 Å². The van der Waals surface area contributed by atoms with Gasteiger partial charge in [-0.05, 0) is 61.4 Å². The molecule has 0 saturated carbocycles. The minimum Gasteiger partial charge on any atom is -0.366 e. The Labute approximate surface area is 117 Å². The third-order valence-electron chi connectivity index (χ3n) is 3.20. The Balaban J connectivity index is 2.14. The van der Waals surface area contributed by atoms with E-state index in [0.29, 0.717) is 16.8 Å². The average molecular weight is 268 g/mol. The average Bonchev–Trinajstić information content (AvgIpc) is 2.42. The molecule has 20 heavy (non-hydrogen) atoms. The number of benzene rings is 2. The summed E-state index contributed by atoms with van der Waals surface area (Å²) >= 11 is 0. The lowest BCUT2D eigenvalue weighted by molar-refractivity contribution is 0.0998. The number of hydrogen-bond donors (Lipinski definition) is 2. The van der Waals surface area contributed by atoms with Crippen molar-refractivity contribution in [1.82, 2.24) is 0 Å². The number of nitrogens with one attached hydrogen (secondary N) is 1. The molecule has 0 aromatic heterocycles. The van der Waals surface area contributed by atoms with E-state index in [1.165, 1.54) is 0 Å². The predicted molar refractivity (Wildman–Crippen MR) is 78.8 cm³/mol. The van der Waals surface area contributed by atoms with E-state index >= 15 is 0 Å². The molecule has 0 fully saturated rings. The highest BCUT2D eigenvalue weighted by Crippen LogP contribution is 2.14. The van der Waals surface area contributed by atoms with Crippen LogP contribution in [0.4, 0.5) is 5.69 Å². The van der Waals surface area contributed by atoms with Crippen molar-refractivity contribution in [3.8, 4) is 0 Å². The molecule has 2 aromatic rings. The van der Waals surface area contributed by atoms with Crippen LogP contribution < -0.4 is 11.1 Å². The third-order valence-corrected chi connectivity index (χ3v) is 3.20. The van der Waals surface area contributed by atoms with Crippen molar-refractivity contribution in [1.29, 1.82) is 0 Å². The van der Waals surface area contributed by atoms with Gasteiger partial charge in [-0.1, -0.05) is 6.07 Å². The van der Waals surface area contributed by atoms with Crippen molar-refractivity contribution in [2.45, 2.75) is 13.8 Å². The number of aryl methyl sites for hydroxylation is 2. The third kappa shape index (κ3) is 3.03. The molecule has 4 nitrogen and oxygen atoms in total.